The van der Waals surface area contributed by atoms with Crippen molar-refractivity contribution in [3.63, 3.8) is 0 Å². The first-order chi connectivity index (χ1) is 14.6. The molecule has 0 amide bonds. The van der Waals surface area contributed by atoms with E-state index >= 15 is 0 Å². The van der Waals surface area contributed by atoms with Crippen molar-refractivity contribution in [2.24, 2.45) is 5.92 Å². The number of hydrogen-bond acceptors (Lipinski definition) is 3. The maximum absolute atomic E-state index is 5.67. The van der Waals surface area contributed by atoms with Gasteiger partial charge in [0.25, 0.3) is 0 Å². The Kier molecular flexibility index (Phi) is 6.60. The molecular formula is C25H29N3OS. The van der Waals surface area contributed by atoms with Crippen molar-refractivity contribution in [2.75, 3.05) is 18.5 Å². The molecule has 1 aliphatic heterocycles. The van der Waals surface area contributed by atoms with Crippen LogP contribution in [0, 0.1) is 19.8 Å². The van der Waals surface area contributed by atoms with Gasteiger partial charge in [0.15, 0.2) is 0 Å². The van der Waals surface area contributed by atoms with Crippen LogP contribution in [0.1, 0.15) is 53.1 Å². The van der Waals surface area contributed by atoms with Crippen LogP contribution in [0.3, 0.4) is 0 Å². The van der Waals surface area contributed by atoms with Gasteiger partial charge in [-0.2, -0.15) is 0 Å². The minimum atomic E-state index is 0.0956. The molecule has 0 saturated carbocycles. The quantitative estimate of drug-likeness (QED) is 0.499. The van der Waals surface area contributed by atoms with Crippen LogP contribution in [-0.4, -0.2) is 28.2 Å². The van der Waals surface area contributed by atoms with Gasteiger partial charge in [0.05, 0.1) is 17.2 Å². The lowest BCUT2D eigenvalue weighted by Gasteiger charge is -2.23. The van der Waals surface area contributed by atoms with Gasteiger partial charge in [0.2, 0.25) is 0 Å². The number of anilines is 1. The summed E-state index contributed by atoms with van der Waals surface area (Å²) in [6, 6.07) is 15.1. The highest BCUT2D eigenvalue weighted by Gasteiger charge is 2.21. The van der Waals surface area contributed by atoms with Crippen LogP contribution in [0.15, 0.2) is 55.0 Å². The van der Waals surface area contributed by atoms with E-state index in [4.69, 9.17) is 17.0 Å². The monoisotopic (exact) mass is 419 g/mol. The maximum Gasteiger partial charge on any atom is 0.0922 e. The van der Waals surface area contributed by atoms with Crippen LogP contribution in [0.5, 0.6) is 0 Å². The summed E-state index contributed by atoms with van der Waals surface area (Å²) in [6.45, 7) is 6.06. The highest BCUT2D eigenvalue weighted by atomic mass is 32.1. The van der Waals surface area contributed by atoms with Crippen LogP contribution in [0.25, 0.3) is 0 Å². The summed E-state index contributed by atoms with van der Waals surface area (Å²) in [4.78, 5) is 8.51. The highest BCUT2D eigenvalue weighted by molar-refractivity contribution is 7.80. The summed E-state index contributed by atoms with van der Waals surface area (Å²) in [7, 11) is 0. The van der Waals surface area contributed by atoms with E-state index in [1.165, 1.54) is 22.3 Å². The number of ether oxygens (including phenoxy) is 1. The van der Waals surface area contributed by atoms with Crippen molar-refractivity contribution < 1.29 is 4.74 Å². The summed E-state index contributed by atoms with van der Waals surface area (Å²) in [5.74, 6) is 0.716. The molecule has 1 aromatic heterocycles. The van der Waals surface area contributed by atoms with E-state index < -0.39 is 0 Å². The molecule has 5 heteroatoms. The van der Waals surface area contributed by atoms with E-state index in [0.29, 0.717) is 5.92 Å². The summed E-state index contributed by atoms with van der Waals surface area (Å²) in [5.41, 5.74) is 7.24. The zero-order chi connectivity index (χ0) is 20.9. The molecule has 30 heavy (non-hydrogen) atoms. The first-order valence-corrected chi connectivity index (χ1v) is 11.0. The number of imidazole rings is 1. The van der Waals surface area contributed by atoms with Crippen molar-refractivity contribution in [1.29, 1.82) is 0 Å². The predicted molar refractivity (Wildman–Crippen MR) is 126 cm³/mol. The Morgan fingerprint density at radius 3 is 2.77 bits per heavy atom. The van der Waals surface area contributed by atoms with Gasteiger partial charge in [0.1, 0.15) is 0 Å². The topological polar surface area (TPSA) is 49.9 Å². The standard InChI is InChI=1S/C25H29N3OS/c1-17-5-3-8-22(18(17)2)25(23-15-26-16-27-23)20-6-4-7-21(14-20)28-24(30)13-19-9-11-29-12-10-19/h3-8,14-16,19,25H,9-13H2,1-2H3,(H,26,27)(H,28,30). The molecule has 1 aliphatic rings. The second kappa shape index (κ2) is 9.54. The molecule has 3 aromatic rings. The lowest BCUT2D eigenvalue weighted by atomic mass is 9.85. The third kappa shape index (κ3) is 4.79. The first kappa shape index (κ1) is 20.8. The van der Waals surface area contributed by atoms with Crippen LogP contribution in [-0.2, 0) is 4.74 Å². The number of hydrogen-bond donors (Lipinski definition) is 2. The van der Waals surface area contributed by atoms with Gasteiger partial charge in [-0.25, -0.2) is 4.98 Å². The zero-order valence-corrected chi connectivity index (χ0v) is 18.5. The van der Waals surface area contributed by atoms with Gasteiger partial charge >= 0.3 is 0 Å². The number of rotatable bonds is 6. The molecule has 2 N–H and O–H groups in total. The zero-order valence-electron chi connectivity index (χ0n) is 17.7. The molecule has 156 valence electrons. The van der Waals surface area contributed by atoms with Gasteiger partial charge < -0.3 is 15.0 Å². The fourth-order valence-corrected chi connectivity index (χ4v) is 4.61. The van der Waals surface area contributed by atoms with E-state index in [1.807, 2.05) is 6.20 Å². The first-order valence-electron chi connectivity index (χ1n) is 10.6. The van der Waals surface area contributed by atoms with Crippen LogP contribution in [0.4, 0.5) is 5.69 Å². The number of nitrogens with zero attached hydrogens (tertiary/aromatic N) is 1. The van der Waals surface area contributed by atoms with Gasteiger partial charge in [-0.1, -0.05) is 42.5 Å². The molecule has 0 bridgehead atoms. The molecule has 1 unspecified atom stereocenters. The van der Waals surface area contributed by atoms with Crippen LogP contribution < -0.4 is 5.32 Å². The second-order valence-corrected chi connectivity index (χ2v) is 8.66. The maximum atomic E-state index is 5.67. The second-order valence-electron chi connectivity index (χ2n) is 8.16. The molecule has 2 heterocycles. The number of aromatic amines is 1. The van der Waals surface area contributed by atoms with E-state index in [2.05, 4.69) is 71.6 Å². The Balaban J connectivity index is 1.59. The SMILES string of the molecule is Cc1cccc(C(c2cccc(NC(=S)CC3CCOCC3)c2)c2cnc[nH]2)c1C. The number of aryl methyl sites for hydroxylation is 1. The molecule has 0 spiro atoms. The van der Waals surface area contributed by atoms with Crippen molar-refractivity contribution >= 4 is 22.9 Å². The Bertz CT molecular complexity index is 993. The molecule has 1 saturated heterocycles. The molecule has 0 radical (unpaired) electrons. The van der Waals surface area contributed by atoms with E-state index in [-0.39, 0.29) is 5.92 Å². The third-order valence-electron chi connectivity index (χ3n) is 6.11. The minimum absolute atomic E-state index is 0.0956. The Labute approximate surface area is 184 Å². The molecule has 4 nitrogen and oxygen atoms in total. The molecule has 4 rings (SSSR count). The molecule has 0 aliphatic carbocycles. The average molecular weight is 420 g/mol. The van der Waals surface area contributed by atoms with Gasteiger partial charge in [0, 0.05) is 37.2 Å². The predicted octanol–water partition coefficient (Wildman–Crippen LogP) is 5.76. The van der Waals surface area contributed by atoms with Crippen molar-refractivity contribution in [3.05, 3.63) is 82.9 Å². The fourth-order valence-electron chi connectivity index (χ4n) is 4.26. The summed E-state index contributed by atoms with van der Waals surface area (Å²) in [6.07, 6.45) is 6.78. The van der Waals surface area contributed by atoms with Crippen molar-refractivity contribution in [1.82, 2.24) is 9.97 Å². The lowest BCUT2D eigenvalue weighted by Crippen LogP contribution is -2.21. The van der Waals surface area contributed by atoms with Crippen LogP contribution >= 0.6 is 12.2 Å². The molecule has 2 aromatic carbocycles. The van der Waals surface area contributed by atoms with Crippen molar-refractivity contribution in [2.45, 2.75) is 39.0 Å². The van der Waals surface area contributed by atoms with Gasteiger partial charge in [-0.15, -0.1) is 0 Å². The summed E-state index contributed by atoms with van der Waals surface area (Å²) >= 11 is 5.67. The van der Waals surface area contributed by atoms with E-state index in [9.17, 15) is 0 Å². The number of nitrogens with one attached hydrogen (secondary N) is 2. The van der Waals surface area contributed by atoms with E-state index in [1.54, 1.807) is 6.33 Å². The van der Waals surface area contributed by atoms with Crippen molar-refractivity contribution in [3.8, 4) is 0 Å². The number of aromatic nitrogens is 2. The number of H-pyrrole nitrogens is 1. The highest BCUT2D eigenvalue weighted by Crippen LogP contribution is 2.34. The average Bonchev–Trinajstić information content (AvgIpc) is 3.27. The van der Waals surface area contributed by atoms with Crippen LogP contribution in [0.2, 0.25) is 0 Å². The number of benzene rings is 2. The van der Waals surface area contributed by atoms with E-state index in [0.717, 1.165) is 48.8 Å². The summed E-state index contributed by atoms with van der Waals surface area (Å²) < 4.78 is 5.47. The molecular weight excluding hydrogens is 390 g/mol. The normalized spacial score (nSPS) is 15.7. The minimum Gasteiger partial charge on any atom is -0.381 e. The summed E-state index contributed by atoms with van der Waals surface area (Å²) in [5, 5.41) is 3.47. The van der Waals surface area contributed by atoms with Gasteiger partial charge in [-0.3, -0.25) is 0 Å². The molecule has 1 atom stereocenters. The largest absolute Gasteiger partial charge is 0.381 e. The smallest absolute Gasteiger partial charge is 0.0922 e. The molecule has 1 fully saturated rings. The lowest BCUT2D eigenvalue weighted by molar-refractivity contribution is 0.0686. The third-order valence-corrected chi connectivity index (χ3v) is 6.38. The Morgan fingerprint density at radius 2 is 2.00 bits per heavy atom. The number of thiocarbonyl (C=S) groups is 1. The van der Waals surface area contributed by atoms with Gasteiger partial charge in [-0.05, 0) is 67.0 Å². The fraction of sp³-hybridized carbons (Fsp3) is 0.360. The Hall–Kier alpha value is -2.50. The Morgan fingerprint density at radius 1 is 1.20 bits per heavy atom.